The van der Waals surface area contributed by atoms with Crippen LogP contribution in [0.2, 0.25) is 0 Å². The van der Waals surface area contributed by atoms with Gasteiger partial charge >= 0.3 is 5.97 Å². The fourth-order valence-corrected chi connectivity index (χ4v) is 3.22. The lowest BCUT2D eigenvalue weighted by Gasteiger charge is -2.34. The number of methoxy groups -OCH3 is 1. The van der Waals surface area contributed by atoms with Crippen LogP contribution in [-0.4, -0.2) is 42.4 Å². The maximum absolute atomic E-state index is 12.4. The number of nitrogens with zero attached hydrogens (tertiary/aromatic N) is 1. The van der Waals surface area contributed by atoms with Crippen LogP contribution in [0, 0.1) is 0 Å². The van der Waals surface area contributed by atoms with Gasteiger partial charge in [0, 0.05) is 12.2 Å². The van der Waals surface area contributed by atoms with Crippen molar-refractivity contribution in [3.05, 3.63) is 65.2 Å². The van der Waals surface area contributed by atoms with Crippen LogP contribution in [0.15, 0.2) is 48.5 Å². The predicted molar refractivity (Wildman–Crippen MR) is 99.9 cm³/mol. The van der Waals surface area contributed by atoms with Crippen LogP contribution in [-0.2, 0) is 27.3 Å². The standard InChI is InChI=1S/C20H21N3O4/c1-27-20(26)13-6-8-16(9-7-13)22-18(24)12-23-11-15-5-3-2-4-14(15)10-17(23)19(21)25/h2-9,17H,10-12H2,1H3,(H2,21,25)(H,22,24). The Bertz CT molecular complexity index is 864. The smallest absolute Gasteiger partial charge is 0.337 e. The van der Waals surface area contributed by atoms with E-state index in [0.29, 0.717) is 24.2 Å². The number of benzene rings is 2. The summed E-state index contributed by atoms with van der Waals surface area (Å²) in [6, 6.07) is 13.7. The zero-order valence-corrected chi connectivity index (χ0v) is 15.0. The van der Waals surface area contributed by atoms with Gasteiger partial charge in [0.2, 0.25) is 11.8 Å². The van der Waals surface area contributed by atoms with Gasteiger partial charge in [-0.15, -0.1) is 0 Å². The molecule has 0 aromatic heterocycles. The number of hydrogen-bond acceptors (Lipinski definition) is 5. The number of rotatable bonds is 5. The molecule has 0 spiro atoms. The second-order valence-electron chi connectivity index (χ2n) is 6.41. The summed E-state index contributed by atoms with van der Waals surface area (Å²) >= 11 is 0. The third kappa shape index (κ3) is 4.32. The summed E-state index contributed by atoms with van der Waals surface area (Å²) in [4.78, 5) is 37.5. The molecule has 1 unspecified atom stereocenters. The topological polar surface area (TPSA) is 102 Å². The Morgan fingerprint density at radius 1 is 1.11 bits per heavy atom. The summed E-state index contributed by atoms with van der Waals surface area (Å²) in [6.45, 7) is 0.527. The summed E-state index contributed by atoms with van der Waals surface area (Å²) in [5.74, 6) is -1.14. The van der Waals surface area contributed by atoms with Gasteiger partial charge in [0.1, 0.15) is 0 Å². The molecule has 1 aliphatic heterocycles. The van der Waals surface area contributed by atoms with E-state index in [9.17, 15) is 14.4 Å². The van der Waals surface area contributed by atoms with Gasteiger partial charge in [0.25, 0.3) is 0 Å². The molecule has 0 fully saturated rings. The normalized spacial score (nSPS) is 16.3. The molecule has 0 radical (unpaired) electrons. The molecule has 2 aromatic carbocycles. The van der Waals surface area contributed by atoms with Crippen LogP contribution >= 0.6 is 0 Å². The minimum Gasteiger partial charge on any atom is -0.465 e. The molecule has 2 aromatic rings. The maximum atomic E-state index is 12.4. The Balaban J connectivity index is 1.67. The number of carbonyl (C=O) groups is 3. The molecule has 3 rings (SSSR count). The number of hydrogen-bond donors (Lipinski definition) is 2. The fourth-order valence-electron chi connectivity index (χ4n) is 3.22. The van der Waals surface area contributed by atoms with Crippen molar-refractivity contribution in [3.63, 3.8) is 0 Å². The van der Waals surface area contributed by atoms with E-state index in [1.165, 1.54) is 7.11 Å². The fraction of sp³-hybridized carbons (Fsp3) is 0.250. The van der Waals surface area contributed by atoms with E-state index in [0.717, 1.165) is 11.1 Å². The van der Waals surface area contributed by atoms with Crippen LogP contribution < -0.4 is 11.1 Å². The summed E-state index contributed by atoms with van der Waals surface area (Å²) < 4.78 is 4.64. The van der Waals surface area contributed by atoms with Crippen LogP contribution in [0.5, 0.6) is 0 Å². The first-order valence-electron chi connectivity index (χ1n) is 8.56. The van der Waals surface area contributed by atoms with Crippen LogP contribution in [0.1, 0.15) is 21.5 Å². The van der Waals surface area contributed by atoms with Gasteiger partial charge < -0.3 is 15.8 Å². The van der Waals surface area contributed by atoms with Crippen molar-refractivity contribution in [3.8, 4) is 0 Å². The number of nitrogens with one attached hydrogen (secondary N) is 1. The lowest BCUT2D eigenvalue weighted by molar-refractivity contribution is -0.125. The molecule has 2 amide bonds. The van der Waals surface area contributed by atoms with Gasteiger partial charge in [-0.25, -0.2) is 4.79 Å². The van der Waals surface area contributed by atoms with Crippen LogP contribution in [0.25, 0.3) is 0 Å². The maximum Gasteiger partial charge on any atom is 0.337 e. The number of ether oxygens (including phenoxy) is 1. The summed E-state index contributed by atoms with van der Waals surface area (Å²) in [6.07, 6.45) is 0.493. The molecule has 140 valence electrons. The minimum absolute atomic E-state index is 0.0424. The Morgan fingerprint density at radius 3 is 2.41 bits per heavy atom. The molecular formula is C20H21N3O4. The zero-order chi connectivity index (χ0) is 19.4. The lowest BCUT2D eigenvalue weighted by Crippen LogP contribution is -2.50. The van der Waals surface area contributed by atoms with E-state index in [1.54, 1.807) is 29.2 Å². The predicted octanol–water partition coefficient (Wildman–Crippen LogP) is 1.32. The average molecular weight is 367 g/mol. The van der Waals surface area contributed by atoms with E-state index >= 15 is 0 Å². The molecule has 0 bridgehead atoms. The molecule has 7 heteroatoms. The Hall–Kier alpha value is -3.19. The van der Waals surface area contributed by atoms with Gasteiger partial charge in [-0.05, 0) is 41.8 Å². The van der Waals surface area contributed by atoms with Gasteiger partial charge in [0.15, 0.2) is 0 Å². The van der Waals surface area contributed by atoms with Crippen LogP contribution in [0.4, 0.5) is 5.69 Å². The van der Waals surface area contributed by atoms with E-state index in [1.807, 2.05) is 24.3 Å². The number of anilines is 1. The van der Waals surface area contributed by atoms with Crippen molar-refractivity contribution in [2.45, 2.75) is 19.0 Å². The highest BCUT2D eigenvalue weighted by molar-refractivity contribution is 5.94. The first-order valence-corrected chi connectivity index (χ1v) is 8.56. The molecule has 1 atom stereocenters. The van der Waals surface area contributed by atoms with Crippen molar-refractivity contribution < 1.29 is 19.1 Å². The summed E-state index contributed by atoms with van der Waals surface area (Å²) in [7, 11) is 1.31. The molecule has 0 saturated carbocycles. The first kappa shape index (κ1) is 18.6. The zero-order valence-electron chi connectivity index (χ0n) is 15.0. The molecule has 0 saturated heterocycles. The average Bonchev–Trinajstić information content (AvgIpc) is 2.67. The van der Waals surface area contributed by atoms with Gasteiger partial charge in [-0.2, -0.15) is 0 Å². The quantitative estimate of drug-likeness (QED) is 0.776. The Kier molecular flexibility index (Phi) is 5.52. The van der Waals surface area contributed by atoms with Gasteiger partial charge in [0.05, 0.1) is 25.3 Å². The van der Waals surface area contributed by atoms with Gasteiger partial charge in [-0.3, -0.25) is 14.5 Å². The third-order valence-electron chi connectivity index (χ3n) is 4.61. The van der Waals surface area contributed by atoms with E-state index in [2.05, 4.69) is 10.1 Å². The van der Waals surface area contributed by atoms with E-state index < -0.39 is 17.9 Å². The second kappa shape index (κ2) is 8.01. The number of fused-ring (bicyclic) bond motifs is 1. The Labute approximate surface area is 157 Å². The molecule has 0 aliphatic carbocycles. The largest absolute Gasteiger partial charge is 0.465 e. The molecule has 1 aliphatic rings. The van der Waals surface area contributed by atoms with Crippen molar-refractivity contribution in [2.24, 2.45) is 5.73 Å². The molecule has 27 heavy (non-hydrogen) atoms. The first-order chi connectivity index (χ1) is 13.0. The number of esters is 1. The second-order valence-corrected chi connectivity index (χ2v) is 6.41. The van der Waals surface area contributed by atoms with Crippen molar-refractivity contribution in [1.29, 1.82) is 0 Å². The van der Waals surface area contributed by atoms with Crippen LogP contribution in [0.3, 0.4) is 0 Å². The van der Waals surface area contributed by atoms with Crippen molar-refractivity contribution in [2.75, 3.05) is 19.0 Å². The van der Waals surface area contributed by atoms with E-state index in [-0.39, 0.29) is 12.5 Å². The van der Waals surface area contributed by atoms with E-state index in [4.69, 9.17) is 5.73 Å². The highest BCUT2D eigenvalue weighted by Gasteiger charge is 2.31. The third-order valence-corrected chi connectivity index (χ3v) is 4.61. The number of carbonyl (C=O) groups excluding carboxylic acids is 3. The Morgan fingerprint density at radius 2 is 1.78 bits per heavy atom. The lowest BCUT2D eigenvalue weighted by atomic mass is 9.93. The SMILES string of the molecule is COC(=O)c1ccc(NC(=O)CN2Cc3ccccc3CC2C(N)=O)cc1. The summed E-state index contributed by atoms with van der Waals surface area (Å²) in [5, 5.41) is 2.77. The number of amides is 2. The molecule has 7 nitrogen and oxygen atoms in total. The number of primary amides is 1. The van der Waals surface area contributed by atoms with Crippen molar-refractivity contribution >= 4 is 23.5 Å². The molecular weight excluding hydrogens is 346 g/mol. The monoisotopic (exact) mass is 367 g/mol. The number of nitrogens with two attached hydrogens (primary N) is 1. The minimum atomic E-state index is -0.521. The van der Waals surface area contributed by atoms with Crippen molar-refractivity contribution in [1.82, 2.24) is 4.90 Å². The molecule has 3 N–H and O–H groups in total. The molecule has 1 heterocycles. The summed E-state index contributed by atoms with van der Waals surface area (Å²) in [5.41, 5.74) is 8.67. The highest BCUT2D eigenvalue weighted by Crippen LogP contribution is 2.23. The van der Waals surface area contributed by atoms with Gasteiger partial charge in [-0.1, -0.05) is 24.3 Å². The highest BCUT2D eigenvalue weighted by atomic mass is 16.5.